The van der Waals surface area contributed by atoms with Crippen LogP contribution < -0.4 is 10.6 Å². The molecule has 25 heavy (non-hydrogen) atoms. The maximum Gasteiger partial charge on any atom is 0.191 e. The van der Waals surface area contributed by atoms with E-state index in [1.165, 1.54) is 12.8 Å². The van der Waals surface area contributed by atoms with Gasteiger partial charge in [-0.1, -0.05) is 0 Å². The van der Waals surface area contributed by atoms with Gasteiger partial charge in [-0.2, -0.15) is 0 Å². The van der Waals surface area contributed by atoms with Crippen LogP contribution in [0.2, 0.25) is 0 Å². The summed E-state index contributed by atoms with van der Waals surface area (Å²) in [6, 6.07) is 4.24. The number of furan rings is 1. The Morgan fingerprint density at radius 1 is 1.36 bits per heavy atom. The average molecular weight is 462 g/mol. The van der Waals surface area contributed by atoms with Gasteiger partial charge in [0.25, 0.3) is 0 Å². The first-order valence-electron chi connectivity index (χ1n) is 9.17. The van der Waals surface area contributed by atoms with E-state index in [2.05, 4.69) is 33.5 Å². The molecule has 1 saturated heterocycles. The highest BCUT2D eigenvalue weighted by Gasteiger charge is 2.41. The average Bonchev–Trinajstić information content (AvgIpc) is 2.99. The maximum atomic E-state index is 9.46. The predicted molar refractivity (Wildman–Crippen MR) is 110 cm³/mol. The lowest BCUT2D eigenvalue weighted by Crippen LogP contribution is -2.43. The number of halogens is 1. The molecule has 0 amide bonds. The van der Waals surface area contributed by atoms with E-state index in [9.17, 15) is 5.11 Å². The van der Waals surface area contributed by atoms with E-state index in [0.717, 1.165) is 50.7 Å². The molecule has 3 rings (SSSR count). The Balaban J connectivity index is 0.00000225. The molecule has 1 unspecified atom stereocenters. The molecule has 0 spiro atoms. The molecule has 1 aromatic rings. The fourth-order valence-corrected chi connectivity index (χ4v) is 3.27. The Morgan fingerprint density at radius 2 is 2.12 bits per heavy atom. The van der Waals surface area contributed by atoms with Crippen molar-refractivity contribution < 1.29 is 9.52 Å². The van der Waals surface area contributed by atoms with Crippen LogP contribution in [0.3, 0.4) is 0 Å². The van der Waals surface area contributed by atoms with Crippen LogP contribution in [0, 0.1) is 5.41 Å². The van der Waals surface area contributed by atoms with Crippen molar-refractivity contribution in [2.24, 2.45) is 10.4 Å². The normalized spacial score (nSPS) is 20.8. The quantitative estimate of drug-likeness (QED) is 0.314. The third kappa shape index (κ3) is 5.59. The lowest BCUT2D eigenvalue weighted by molar-refractivity contribution is 0.214. The van der Waals surface area contributed by atoms with E-state index in [4.69, 9.17) is 4.42 Å². The van der Waals surface area contributed by atoms with Gasteiger partial charge >= 0.3 is 0 Å². The van der Waals surface area contributed by atoms with E-state index in [-0.39, 0.29) is 42.0 Å². The molecule has 6 nitrogen and oxygen atoms in total. The number of guanidine groups is 1. The summed E-state index contributed by atoms with van der Waals surface area (Å²) in [4.78, 5) is 7.16. The fourth-order valence-electron chi connectivity index (χ4n) is 3.27. The second kappa shape index (κ2) is 9.78. The van der Waals surface area contributed by atoms with Crippen molar-refractivity contribution in [3.63, 3.8) is 0 Å². The molecule has 2 fully saturated rings. The van der Waals surface area contributed by atoms with E-state index in [0.29, 0.717) is 6.54 Å². The number of nitrogens with zero attached hydrogens (tertiary/aromatic N) is 2. The van der Waals surface area contributed by atoms with Crippen LogP contribution in [-0.2, 0) is 0 Å². The van der Waals surface area contributed by atoms with E-state index < -0.39 is 0 Å². The first-order chi connectivity index (χ1) is 11.8. The van der Waals surface area contributed by atoms with Gasteiger partial charge < -0.3 is 20.2 Å². The zero-order chi connectivity index (χ0) is 16.8. The molecule has 1 aliphatic heterocycles. The smallest absolute Gasteiger partial charge is 0.191 e. The number of aliphatic hydroxyl groups excluding tert-OH is 1. The highest BCUT2D eigenvalue weighted by molar-refractivity contribution is 14.0. The molecule has 7 heteroatoms. The summed E-state index contributed by atoms with van der Waals surface area (Å²) in [5, 5.41) is 16.2. The summed E-state index contributed by atoms with van der Waals surface area (Å²) in [7, 11) is 0. The minimum atomic E-state index is 0. The first kappa shape index (κ1) is 20.5. The molecule has 0 radical (unpaired) electrons. The van der Waals surface area contributed by atoms with Crippen molar-refractivity contribution in [3.8, 4) is 0 Å². The van der Waals surface area contributed by atoms with E-state index in [1.807, 2.05) is 6.07 Å². The predicted octanol–water partition coefficient (Wildman–Crippen LogP) is 2.36. The number of aliphatic imine (C=N–C) groups is 1. The van der Waals surface area contributed by atoms with Crippen molar-refractivity contribution in [1.29, 1.82) is 0 Å². The Morgan fingerprint density at radius 3 is 2.68 bits per heavy atom. The summed E-state index contributed by atoms with van der Waals surface area (Å²) in [5.74, 6) is 1.84. The molecule has 142 valence electrons. The van der Waals surface area contributed by atoms with Crippen molar-refractivity contribution in [3.05, 3.63) is 24.2 Å². The number of rotatable bonds is 8. The molecular weight excluding hydrogens is 431 g/mol. The molecule has 0 aromatic carbocycles. The summed E-state index contributed by atoms with van der Waals surface area (Å²) in [5.41, 5.74) is 0.0394. The van der Waals surface area contributed by atoms with Gasteiger partial charge in [0.15, 0.2) is 5.96 Å². The molecule has 3 N–H and O–H groups in total. The third-order valence-electron chi connectivity index (χ3n) is 5.13. The van der Waals surface area contributed by atoms with E-state index in [1.54, 1.807) is 6.26 Å². The number of aliphatic hydroxyl groups is 1. The zero-order valence-electron chi connectivity index (χ0n) is 15.0. The topological polar surface area (TPSA) is 73.0 Å². The van der Waals surface area contributed by atoms with Crippen molar-refractivity contribution >= 4 is 29.9 Å². The van der Waals surface area contributed by atoms with Crippen LogP contribution in [-0.4, -0.2) is 55.3 Å². The summed E-state index contributed by atoms with van der Waals surface area (Å²) < 4.78 is 5.67. The Kier molecular flexibility index (Phi) is 8.02. The Labute approximate surface area is 167 Å². The lowest BCUT2D eigenvalue weighted by Gasteiger charge is -2.26. The molecule has 2 heterocycles. The minimum absolute atomic E-state index is 0. The molecule has 1 aromatic heterocycles. The standard InChI is InChI=1S/C18H30N4O2.HI/c1-2-19-17(21-13-18(14-23)7-8-18)20-12-15(16-6-5-11-24-16)22-9-3-4-10-22;/h5-6,11,15,23H,2-4,7-10,12-14H2,1H3,(H2,19,20,21);1H. The van der Waals surface area contributed by atoms with Gasteiger partial charge in [0.2, 0.25) is 0 Å². The van der Waals surface area contributed by atoms with Gasteiger partial charge in [-0.05, 0) is 57.8 Å². The zero-order valence-corrected chi connectivity index (χ0v) is 17.4. The molecule has 1 atom stereocenters. The van der Waals surface area contributed by atoms with Crippen molar-refractivity contribution in [2.45, 2.75) is 38.6 Å². The van der Waals surface area contributed by atoms with Crippen LogP contribution in [0.1, 0.15) is 44.4 Å². The van der Waals surface area contributed by atoms with Crippen LogP contribution in [0.4, 0.5) is 0 Å². The fraction of sp³-hybridized carbons (Fsp3) is 0.722. The van der Waals surface area contributed by atoms with Gasteiger partial charge in [0, 0.05) is 18.5 Å². The minimum Gasteiger partial charge on any atom is -0.468 e. The third-order valence-corrected chi connectivity index (χ3v) is 5.13. The van der Waals surface area contributed by atoms with E-state index >= 15 is 0 Å². The largest absolute Gasteiger partial charge is 0.468 e. The second-order valence-electron chi connectivity index (χ2n) is 7.01. The van der Waals surface area contributed by atoms with Gasteiger partial charge in [-0.25, -0.2) is 0 Å². The van der Waals surface area contributed by atoms with Gasteiger partial charge in [-0.15, -0.1) is 24.0 Å². The summed E-state index contributed by atoms with van der Waals surface area (Å²) in [6.07, 6.45) is 6.41. The van der Waals surface area contributed by atoms with Crippen molar-refractivity contribution in [1.82, 2.24) is 15.5 Å². The van der Waals surface area contributed by atoms with Crippen LogP contribution >= 0.6 is 24.0 Å². The highest BCUT2D eigenvalue weighted by Crippen LogP contribution is 2.45. The molecule has 0 bridgehead atoms. The van der Waals surface area contributed by atoms with Crippen LogP contribution in [0.5, 0.6) is 0 Å². The number of nitrogens with one attached hydrogen (secondary N) is 2. The first-order valence-corrected chi connectivity index (χ1v) is 9.17. The summed E-state index contributed by atoms with van der Waals surface area (Å²) in [6.45, 7) is 6.83. The van der Waals surface area contributed by atoms with Crippen molar-refractivity contribution in [2.75, 3.05) is 39.3 Å². The Hall–Kier alpha value is -0.800. The molecular formula is C18H31IN4O2. The highest BCUT2D eigenvalue weighted by atomic mass is 127. The SMILES string of the molecule is CCNC(=NCC1(CO)CC1)NCC(c1ccco1)N1CCCC1.I. The lowest BCUT2D eigenvalue weighted by atomic mass is 10.1. The molecule has 2 aliphatic rings. The second-order valence-corrected chi connectivity index (χ2v) is 7.01. The van der Waals surface area contributed by atoms with Crippen LogP contribution in [0.25, 0.3) is 0 Å². The van der Waals surface area contributed by atoms with Gasteiger partial charge in [-0.3, -0.25) is 9.89 Å². The van der Waals surface area contributed by atoms with Gasteiger partial charge in [0.1, 0.15) is 5.76 Å². The number of hydrogen-bond donors (Lipinski definition) is 3. The van der Waals surface area contributed by atoms with Gasteiger partial charge in [0.05, 0.1) is 25.5 Å². The molecule has 1 saturated carbocycles. The maximum absolute atomic E-state index is 9.46. The monoisotopic (exact) mass is 462 g/mol. The Bertz CT molecular complexity index is 525. The number of likely N-dealkylation sites (tertiary alicyclic amines) is 1. The number of hydrogen-bond acceptors (Lipinski definition) is 4. The van der Waals surface area contributed by atoms with Crippen LogP contribution in [0.15, 0.2) is 27.8 Å². The summed E-state index contributed by atoms with van der Waals surface area (Å²) >= 11 is 0. The molecule has 1 aliphatic carbocycles.